The first-order valence-corrected chi connectivity index (χ1v) is 10.9. The molecule has 0 amide bonds. The van der Waals surface area contributed by atoms with Crippen molar-refractivity contribution in [1.29, 1.82) is 0 Å². The van der Waals surface area contributed by atoms with Gasteiger partial charge in [-0.2, -0.15) is 13.2 Å². The molecule has 1 atom stereocenters. The van der Waals surface area contributed by atoms with Crippen molar-refractivity contribution in [3.05, 3.63) is 71.9 Å². The largest absolute Gasteiger partial charge is 0.416 e. The van der Waals surface area contributed by atoms with E-state index in [1.165, 1.54) is 25.0 Å². The van der Waals surface area contributed by atoms with E-state index in [9.17, 15) is 13.2 Å². The Labute approximate surface area is 176 Å². The lowest BCUT2D eigenvalue weighted by molar-refractivity contribution is -0.137. The van der Waals surface area contributed by atoms with E-state index < -0.39 is 11.7 Å². The lowest BCUT2D eigenvalue weighted by Gasteiger charge is -2.46. The summed E-state index contributed by atoms with van der Waals surface area (Å²) in [6, 6.07) is 11.7. The van der Waals surface area contributed by atoms with Crippen molar-refractivity contribution < 1.29 is 17.9 Å². The van der Waals surface area contributed by atoms with E-state index in [1.807, 2.05) is 12.3 Å². The average molecular weight is 417 g/mol. The molecule has 1 spiro atoms. The molecule has 1 saturated carbocycles. The molecule has 1 aliphatic carbocycles. The smallest absolute Gasteiger partial charge is 0.375 e. The highest BCUT2D eigenvalue weighted by Crippen LogP contribution is 2.50. The number of pyridine rings is 1. The van der Waals surface area contributed by atoms with Gasteiger partial charge in [0, 0.05) is 23.9 Å². The third kappa shape index (κ3) is 4.72. The minimum atomic E-state index is -4.28. The number of alkyl halides is 3. The molecule has 2 nitrogen and oxygen atoms in total. The predicted octanol–water partition coefficient (Wildman–Crippen LogP) is 6.69. The van der Waals surface area contributed by atoms with Crippen LogP contribution in [0.2, 0.25) is 0 Å². The van der Waals surface area contributed by atoms with Crippen LogP contribution in [-0.2, 0) is 22.7 Å². The molecule has 1 aliphatic heterocycles. The Hall–Kier alpha value is -1.88. The molecule has 4 rings (SSSR count). The zero-order valence-electron chi connectivity index (χ0n) is 17.3. The molecule has 1 radical (unpaired) electrons. The van der Waals surface area contributed by atoms with Crippen LogP contribution in [0.3, 0.4) is 0 Å². The maximum Gasteiger partial charge on any atom is 0.416 e. The van der Waals surface area contributed by atoms with Crippen LogP contribution in [0.4, 0.5) is 13.2 Å². The fraction of sp³-hybridized carbons (Fsp3) is 0.520. The van der Waals surface area contributed by atoms with Crippen LogP contribution in [0.5, 0.6) is 0 Å². The fourth-order valence-electron chi connectivity index (χ4n) is 5.27. The van der Waals surface area contributed by atoms with Gasteiger partial charge in [0.1, 0.15) is 0 Å². The summed E-state index contributed by atoms with van der Waals surface area (Å²) < 4.78 is 44.5. The Kier molecular flexibility index (Phi) is 6.19. The zero-order chi connectivity index (χ0) is 21.1. The van der Waals surface area contributed by atoms with Crippen LogP contribution >= 0.6 is 0 Å². The molecule has 1 aromatic heterocycles. The number of aromatic nitrogens is 1. The minimum absolute atomic E-state index is 0.00317. The monoisotopic (exact) mass is 416 g/mol. The molecule has 0 N–H and O–H groups in total. The number of ether oxygens (including phenoxy) is 1. The van der Waals surface area contributed by atoms with Gasteiger partial charge in [-0.05, 0) is 81.2 Å². The van der Waals surface area contributed by atoms with E-state index in [1.54, 1.807) is 12.1 Å². The van der Waals surface area contributed by atoms with Crippen molar-refractivity contribution in [3.8, 4) is 0 Å². The van der Waals surface area contributed by atoms with Gasteiger partial charge < -0.3 is 4.74 Å². The normalized spacial score (nSPS) is 23.7. The molecule has 161 valence electrons. The highest BCUT2D eigenvalue weighted by atomic mass is 19.4. The Morgan fingerprint density at radius 1 is 1.00 bits per heavy atom. The Morgan fingerprint density at radius 3 is 2.43 bits per heavy atom. The fourth-order valence-corrected chi connectivity index (χ4v) is 5.27. The third-order valence-electron chi connectivity index (χ3n) is 6.86. The number of hydrogen-bond donors (Lipinski definition) is 0. The number of unbranched alkanes of at least 4 members (excludes halogenated alkanes) is 1. The Morgan fingerprint density at radius 2 is 1.77 bits per heavy atom. The first-order chi connectivity index (χ1) is 14.4. The van der Waals surface area contributed by atoms with Gasteiger partial charge in [-0.25, -0.2) is 0 Å². The van der Waals surface area contributed by atoms with Gasteiger partial charge in [-0.3, -0.25) is 4.98 Å². The summed E-state index contributed by atoms with van der Waals surface area (Å²) in [6.07, 6.45) is 9.11. The molecule has 30 heavy (non-hydrogen) atoms. The zero-order valence-corrected chi connectivity index (χ0v) is 17.3. The van der Waals surface area contributed by atoms with Crippen molar-refractivity contribution in [2.45, 2.75) is 75.0 Å². The van der Waals surface area contributed by atoms with Crippen molar-refractivity contribution in [2.75, 3.05) is 6.61 Å². The molecule has 1 saturated heterocycles. The van der Waals surface area contributed by atoms with Crippen LogP contribution in [0.1, 0.15) is 68.2 Å². The molecule has 0 unspecified atom stereocenters. The van der Waals surface area contributed by atoms with Gasteiger partial charge in [0.05, 0.1) is 11.2 Å². The van der Waals surface area contributed by atoms with E-state index in [0.29, 0.717) is 6.42 Å². The van der Waals surface area contributed by atoms with Gasteiger partial charge >= 0.3 is 6.18 Å². The van der Waals surface area contributed by atoms with Crippen LogP contribution in [0.25, 0.3) is 0 Å². The topological polar surface area (TPSA) is 22.1 Å². The number of rotatable bonds is 6. The molecular formula is C25H29F3NO. The van der Waals surface area contributed by atoms with Gasteiger partial charge in [0.15, 0.2) is 0 Å². The lowest BCUT2D eigenvalue weighted by Crippen LogP contribution is -2.46. The summed E-state index contributed by atoms with van der Waals surface area (Å²) in [5, 5.41) is 0. The summed E-state index contributed by atoms with van der Waals surface area (Å²) in [7, 11) is 0. The van der Waals surface area contributed by atoms with Crippen molar-refractivity contribution in [3.63, 3.8) is 0 Å². The van der Waals surface area contributed by atoms with Gasteiger partial charge in [0.25, 0.3) is 0 Å². The molecule has 1 aromatic carbocycles. The third-order valence-corrected chi connectivity index (χ3v) is 6.86. The summed E-state index contributed by atoms with van der Waals surface area (Å²) in [6.45, 7) is 0.773. The lowest BCUT2D eigenvalue weighted by atomic mass is 9.67. The first-order valence-electron chi connectivity index (χ1n) is 10.9. The number of hydrogen-bond acceptors (Lipinski definition) is 2. The standard InChI is InChI=1S/C25H29F3NO/c26-25(27,28)21-11-9-20(10-12-21)7-1-3-13-23(22-8-2-6-17-29-22)16-18-30-24(19-23)14-4-5-15-24/h1-2,6,8-12,17H,3-5,7,13-16,18-19H2/t23-/m1/s1. The average Bonchev–Trinajstić information content (AvgIpc) is 3.19. The first kappa shape index (κ1) is 21.4. The van der Waals surface area contributed by atoms with E-state index >= 15 is 0 Å². The van der Waals surface area contributed by atoms with Gasteiger partial charge in [-0.1, -0.05) is 31.0 Å². The molecule has 2 aromatic rings. The quantitative estimate of drug-likeness (QED) is 0.490. The maximum absolute atomic E-state index is 12.7. The summed E-state index contributed by atoms with van der Waals surface area (Å²) in [4.78, 5) is 4.72. The highest BCUT2D eigenvalue weighted by molar-refractivity contribution is 5.26. The van der Waals surface area contributed by atoms with Crippen molar-refractivity contribution in [1.82, 2.24) is 4.98 Å². The highest BCUT2D eigenvalue weighted by Gasteiger charge is 2.48. The summed E-state index contributed by atoms with van der Waals surface area (Å²) in [5.74, 6) is 0. The maximum atomic E-state index is 12.7. The SMILES string of the molecule is FC(F)(F)c1ccc(C[CH]CC[C@@]2(c3ccccn3)CCOC3(CCCC3)C2)cc1. The second-order valence-corrected chi connectivity index (χ2v) is 8.89. The van der Waals surface area contributed by atoms with Crippen LogP contribution < -0.4 is 0 Å². The summed E-state index contributed by atoms with van der Waals surface area (Å²) in [5.41, 5.74) is 1.49. The number of halogens is 3. The van der Waals surface area contributed by atoms with Crippen LogP contribution in [-0.4, -0.2) is 17.2 Å². The van der Waals surface area contributed by atoms with E-state index in [4.69, 9.17) is 9.72 Å². The molecule has 5 heteroatoms. The predicted molar refractivity (Wildman–Crippen MR) is 111 cm³/mol. The Balaban J connectivity index is 1.41. The molecule has 2 fully saturated rings. The van der Waals surface area contributed by atoms with Crippen molar-refractivity contribution in [2.24, 2.45) is 0 Å². The second-order valence-electron chi connectivity index (χ2n) is 8.89. The van der Waals surface area contributed by atoms with Crippen molar-refractivity contribution >= 4 is 0 Å². The molecule has 2 aliphatic rings. The molecule has 0 bridgehead atoms. The summed E-state index contributed by atoms with van der Waals surface area (Å²) >= 11 is 0. The Bertz CT molecular complexity index is 813. The number of benzene rings is 1. The van der Waals surface area contributed by atoms with Gasteiger partial charge in [0.2, 0.25) is 0 Å². The van der Waals surface area contributed by atoms with E-state index in [2.05, 4.69) is 18.6 Å². The van der Waals surface area contributed by atoms with Crippen LogP contribution in [0, 0.1) is 6.42 Å². The minimum Gasteiger partial charge on any atom is -0.375 e. The van der Waals surface area contributed by atoms with Crippen LogP contribution in [0.15, 0.2) is 48.7 Å². The van der Waals surface area contributed by atoms with E-state index in [0.717, 1.165) is 56.4 Å². The number of nitrogens with zero attached hydrogens (tertiary/aromatic N) is 1. The van der Waals surface area contributed by atoms with Gasteiger partial charge in [-0.15, -0.1) is 0 Å². The molecule has 2 heterocycles. The van der Waals surface area contributed by atoms with E-state index in [-0.39, 0.29) is 11.0 Å². The molecular weight excluding hydrogens is 387 g/mol. The second kappa shape index (κ2) is 8.70.